The molecule has 34 heavy (non-hydrogen) atoms. The number of amides is 1. The van der Waals surface area contributed by atoms with Crippen LogP contribution in [0.2, 0.25) is 0 Å². The Labute approximate surface area is 210 Å². The molecule has 184 valence electrons. The molecule has 2 aromatic carbocycles. The third-order valence-corrected chi connectivity index (χ3v) is 6.28. The number of hydrogen-bond acceptors (Lipinski definition) is 7. The van der Waals surface area contributed by atoms with Crippen LogP contribution in [0.25, 0.3) is 0 Å². The molecule has 0 heterocycles. The maximum Gasteiger partial charge on any atom is 0.247 e. The summed E-state index contributed by atoms with van der Waals surface area (Å²) in [6.45, 7) is -0.135. The fraction of sp³-hybridized carbons (Fsp3) is 0.375. The molecule has 1 aliphatic rings. The van der Waals surface area contributed by atoms with Gasteiger partial charge in [0.05, 0.1) is 23.9 Å². The first-order valence-electron chi connectivity index (χ1n) is 10.8. The Morgan fingerprint density at radius 1 is 1.26 bits per heavy atom. The zero-order chi connectivity index (χ0) is 24.7. The minimum atomic E-state index is -1.06. The minimum Gasteiger partial charge on any atom is -0.493 e. The molecule has 0 spiro atoms. The molecule has 3 atom stereocenters. The molecule has 0 saturated carbocycles. The highest BCUT2D eigenvalue weighted by atomic mass is 127. The highest BCUT2D eigenvalue weighted by Crippen LogP contribution is 2.36. The van der Waals surface area contributed by atoms with Crippen molar-refractivity contribution >= 4 is 28.5 Å². The lowest BCUT2D eigenvalue weighted by Crippen LogP contribution is -2.51. The van der Waals surface area contributed by atoms with Gasteiger partial charge in [0.1, 0.15) is 18.0 Å². The highest BCUT2D eigenvalue weighted by molar-refractivity contribution is 14.1. The highest BCUT2D eigenvalue weighted by Gasteiger charge is 2.36. The summed E-state index contributed by atoms with van der Waals surface area (Å²) in [5.41, 5.74) is 1.45. The van der Waals surface area contributed by atoms with Gasteiger partial charge in [0.2, 0.25) is 5.91 Å². The van der Waals surface area contributed by atoms with Crippen LogP contribution in [0.1, 0.15) is 17.5 Å². The zero-order valence-corrected chi connectivity index (χ0v) is 20.8. The van der Waals surface area contributed by atoms with Crippen LogP contribution in [-0.2, 0) is 17.9 Å². The Hall–Kier alpha value is -2.25. The molecule has 5 N–H and O–H groups in total. The number of carbonyl (C=O) groups is 1. The Balaban J connectivity index is 1.87. The number of benzene rings is 2. The topological polar surface area (TPSA) is 120 Å². The Morgan fingerprint density at radius 3 is 2.71 bits per heavy atom. The monoisotopic (exact) mass is 586 g/mol. The summed E-state index contributed by atoms with van der Waals surface area (Å²) in [4.78, 5) is 12.6. The molecule has 3 rings (SSSR count). The van der Waals surface area contributed by atoms with Crippen LogP contribution in [0.5, 0.6) is 11.5 Å². The van der Waals surface area contributed by atoms with Crippen LogP contribution in [0, 0.1) is 9.39 Å². The largest absolute Gasteiger partial charge is 0.493 e. The van der Waals surface area contributed by atoms with E-state index in [1.807, 2.05) is 22.6 Å². The minimum absolute atomic E-state index is 0.0892. The fourth-order valence-corrected chi connectivity index (χ4v) is 4.49. The second kappa shape index (κ2) is 12.5. The van der Waals surface area contributed by atoms with Crippen LogP contribution >= 0.6 is 22.6 Å². The fourth-order valence-electron chi connectivity index (χ4n) is 3.70. The number of halogens is 2. The van der Waals surface area contributed by atoms with E-state index in [0.717, 1.165) is 0 Å². The molecule has 0 unspecified atom stereocenters. The van der Waals surface area contributed by atoms with E-state index in [4.69, 9.17) is 14.6 Å². The van der Waals surface area contributed by atoms with Gasteiger partial charge in [0.25, 0.3) is 0 Å². The van der Waals surface area contributed by atoms with E-state index in [1.165, 1.54) is 13.2 Å². The van der Waals surface area contributed by atoms with Crippen molar-refractivity contribution in [2.24, 2.45) is 0 Å². The maximum absolute atomic E-state index is 14.1. The molecule has 2 aromatic rings. The SMILES string of the molecule is COc1cc(CO)cc(I)c1O[C@H]1C=C(C(=O)NCCO)C[C@@H](NCc2ccccc2F)[C@@H]1O. The molecule has 0 bridgehead atoms. The van der Waals surface area contributed by atoms with Crippen molar-refractivity contribution < 1.29 is 34.0 Å². The van der Waals surface area contributed by atoms with Crippen molar-refractivity contribution in [3.8, 4) is 11.5 Å². The summed E-state index contributed by atoms with van der Waals surface area (Å²) in [5, 5.41) is 35.4. The number of aliphatic hydroxyl groups is 3. The van der Waals surface area contributed by atoms with Crippen molar-refractivity contribution in [2.75, 3.05) is 20.3 Å². The Kier molecular flexibility index (Phi) is 9.65. The second-order valence-corrected chi connectivity index (χ2v) is 8.96. The van der Waals surface area contributed by atoms with Gasteiger partial charge >= 0.3 is 0 Å². The van der Waals surface area contributed by atoms with Crippen LogP contribution in [0.3, 0.4) is 0 Å². The van der Waals surface area contributed by atoms with E-state index >= 15 is 0 Å². The van der Waals surface area contributed by atoms with Gasteiger partial charge < -0.3 is 35.4 Å². The van der Waals surface area contributed by atoms with Gasteiger partial charge in [-0.25, -0.2) is 4.39 Å². The summed E-state index contributed by atoms with van der Waals surface area (Å²) >= 11 is 2.05. The molecule has 0 aliphatic heterocycles. The van der Waals surface area contributed by atoms with E-state index in [1.54, 1.807) is 36.4 Å². The predicted molar refractivity (Wildman–Crippen MR) is 132 cm³/mol. The lowest BCUT2D eigenvalue weighted by molar-refractivity contribution is -0.118. The molecule has 10 heteroatoms. The quantitative estimate of drug-likeness (QED) is 0.269. The lowest BCUT2D eigenvalue weighted by atomic mass is 9.89. The first-order chi connectivity index (χ1) is 16.4. The molecular weight excluding hydrogens is 558 g/mol. The van der Waals surface area contributed by atoms with Gasteiger partial charge in [-0.05, 0) is 58.9 Å². The van der Waals surface area contributed by atoms with E-state index < -0.39 is 18.2 Å². The number of methoxy groups -OCH3 is 1. The van der Waals surface area contributed by atoms with E-state index in [9.17, 15) is 19.4 Å². The standard InChI is InChI=1S/C24H28FIN2O6/c1-33-21-9-14(13-30)8-18(26)23(21)34-20-11-16(24(32)27-6-7-29)10-19(22(20)31)28-12-15-4-2-3-5-17(15)25/h2-5,8-9,11,19-20,22,28-31H,6-7,10,12-13H2,1H3,(H,27,32)/t19-,20+,22+/m1/s1. The molecule has 8 nitrogen and oxygen atoms in total. The Morgan fingerprint density at radius 2 is 2.03 bits per heavy atom. The van der Waals surface area contributed by atoms with Crippen LogP contribution < -0.4 is 20.1 Å². The predicted octanol–water partition coefficient (Wildman–Crippen LogP) is 1.64. The molecular formula is C24H28FIN2O6. The van der Waals surface area contributed by atoms with Gasteiger partial charge in [0.15, 0.2) is 11.5 Å². The third-order valence-electron chi connectivity index (χ3n) is 5.48. The zero-order valence-electron chi connectivity index (χ0n) is 18.6. The molecule has 0 fully saturated rings. The van der Waals surface area contributed by atoms with E-state index in [0.29, 0.717) is 31.8 Å². The number of carbonyl (C=O) groups excluding carboxylic acids is 1. The second-order valence-electron chi connectivity index (χ2n) is 7.79. The van der Waals surface area contributed by atoms with Crippen LogP contribution in [-0.4, -0.2) is 59.7 Å². The van der Waals surface area contributed by atoms with Gasteiger partial charge in [-0.1, -0.05) is 18.2 Å². The average molecular weight is 586 g/mol. The van der Waals surface area contributed by atoms with Crippen molar-refractivity contribution in [3.05, 3.63) is 68.6 Å². The van der Waals surface area contributed by atoms with Crippen LogP contribution in [0.15, 0.2) is 48.0 Å². The summed E-state index contributed by atoms with van der Waals surface area (Å²) in [7, 11) is 1.47. The molecule has 1 aliphatic carbocycles. The van der Waals surface area contributed by atoms with Crippen LogP contribution in [0.4, 0.5) is 4.39 Å². The first-order valence-corrected chi connectivity index (χ1v) is 11.8. The number of rotatable bonds is 10. The summed E-state index contributed by atoms with van der Waals surface area (Å²) < 4.78 is 26.3. The van der Waals surface area contributed by atoms with Crippen molar-refractivity contribution in [1.29, 1.82) is 0 Å². The summed E-state index contributed by atoms with van der Waals surface area (Å²) in [6, 6.07) is 9.09. The average Bonchev–Trinajstić information content (AvgIpc) is 2.84. The van der Waals surface area contributed by atoms with Gasteiger partial charge in [0, 0.05) is 30.3 Å². The number of ether oxygens (including phenoxy) is 2. The number of aliphatic hydroxyl groups excluding tert-OH is 3. The molecule has 0 aromatic heterocycles. The maximum atomic E-state index is 14.1. The van der Waals surface area contributed by atoms with Gasteiger partial charge in [-0.3, -0.25) is 4.79 Å². The van der Waals surface area contributed by atoms with Gasteiger partial charge in [-0.15, -0.1) is 0 Å². The molecule has 0 saturated heterocycles. The third kappa shape index (κ3) is 6.45. The summed E-state index contributed by atoms with van der Waals surface area (Å²) in [5.74, 6) is -0.00732. The summed E-state index contributed by atoms with van der Waals surface area (Å²) in [6.07, 6.45) is -0.234. The lowest BCUT2D eigenvalue weighted by Gasteiger charge is -2.34. The van der Waals surface area contributed by atoms with Crippen molar-refractivity contribution in [3.63, 3.8) is 0 Å². The normalized spacial score (nSPS) is 19.9. The van der Waals surface area contributed by atoms with Gasteiger partial charge in [-0.2, -0.15) is 0 Å². The number of nitrogens with one attached hydrogen (secondary N) is 2. The van der Waals surface area contributed by atoms with Crippen molar-refractivity contribution in [1.82, 2.24) is 10.6 Å². The van der Waals surface area contributed by atoms with E-state index in [-0.39, 0.29) is 44.4 Å². The Bertz CT molecular complexity index is 1030. The first kappa shape index (κ1) is 26.4. The smallest absolute Gasteiger partial charge is 0.247 e. The molecule has 1 amide bonds. The number of hydrogen-bond donors (Lipinski definition) is 5. The van der Waals surface area contributed by atoms with Crippen molar-refractivity contribution in [2.45, 2.75) is 37.8 Å². The van der Waals surface area contributed by atoms with E-state index in [2.05, 4.69) is 10.6 Å². The molecule has 0 radical (unpaired) electrons.